The van der Waals surface area contributed by atoms with E-state index in [1.807, 2.05) is 24.5 Å². The van der Waals surface area contributed by atoms with E-state index < -0.39 is 0 Å². The minimum atomic E-state index is 0.688. The molecule has 1 aromatic heterocycles. The molecule has 0 spiro atoms. The third-order valence-electron chi connectivity index (χ3n) is 2.61. The number of hydrogen-bond acceptors (Lipinski definition) is 4. The van der Waals surface area contributed by atoms with Gasteiger partial charge in [-0.05, 0) is 30.9 Å². The highest BCUT2D eigenvalue weighted by Gasteiger charge is 2.07. The smallest absolute Gasteiger partial charge is 0.159 e. The Morgan fingerprint density at radius 2 is 2.11 bits per heavy atom. The van der Waals surface area contributed by atoms with Gasteiger partial charge in [0.15, 0.2) is 5.82 Å². The first kappa shape index (κ1) is 13.4. The number of nitrogens with zero attached hydrogens (tertiary/aromatic N) is 2. The molecule has 5 heteroatoms. The monoisotopic (exact) mass is 281 g/mol. The molecule has 0 aliphatic carbocycles. The molecule has 2 aromatic rings. The fourth-order valence-corrected chi connectivity index (χ4v) is 2.32. The average Bonchev–Trinajstić information content (AvgIpc) is 2.38. The Balaban J connectivity index is 2.36. The molecule has 2 rings (SSSR count). The molecular formula is C13H16ClN3S. The van der Waals surface area contributed by atoms with Crippen molar-refractivity contribution in [2.24, 2.45) is 0 Å². The van der Waals surface area contributed by atoms with Crippen molar-refractivity contribution >= 4 is 40.2 Å². The van der Waals surface area contributed by atoms with Crippen LogP contribution in [0.3, 0.4) is 0 Å². The minimum absolute atomic E-state index is 0.688. The van der Waals surface area contributed by atoms with Gasteiger partial charge in [0.2, 0.25) is 0 Å². The van der Waals surface area contributed by atoms with Gasteiger partial charge in [-0.25, -0.2) is 9.97 Å². The number of anilines is 1. The largest absolute Gasteiger partial charge is 0.368 e. The minimum Gasteiger partial charge on any atom is -0.368 e. The highest BCUT2D eigenvalue weighted by atomic mass is 35.5. The number of hydrogen-bond donors (Lipinski definition) is 1. The normalized spacial score (nSPS) is 10.8. The Labute approximate surface area is 116 Å². The molecule has 0 unspecified atom stereocenters. The van der Waals surface area contributed by atoms with Crippen molar-refractivity contribution in [3.8, 4) is 0 Å². The van der Waals surface area contributed by atoms with E-state index in [1.54, 1.807) is 11.8 Å². The van der Waals surface area contributed by atoms with Crippen LogP contribution in [-0.2, 0) is 0 Å². The van der Waals surface area contributed by atoms with Gasteiger partial charge in [-0.15, -0.1) is 11.8 Å². The maximum atomic E-state index is 5.98. The molecule has 3 nitrogen and oxygen atoms in total. The van der Waals surface area contributed by atoms with Crippen LogP contribution in [0.15, 0.2) is 23.2 Å². The Morgan fingerprint density at radius 1 is 1.28 bits per heavy atom. The van der Waals surface area contributed by atoms with E-state index in [2.05, 4.69) is 22.2 Å². The lowest BCUT2D eigenvalue weighted by atomic mass is 10.3. The summed E-state index contributed by atoms with van der Waals surface area (Å²) in [4.78, 5) is 9.19. The molecule has 1 aromatic carbocycles. The van der Waals surface area contributed by atoms with Gasteiger partial charge in [0.25, 0.3) is 0 Å². The predicted molar refractivity (Wildman–Crippen MR) is 79.7 cm³/mol. The Hall–Kier alpha value is -1.00. The first-order valence-corrected chi connectivity index (χ1v) is 7.60. The van der Waals surface area contributed by atoms with E-state index in [9.17, 15) is 0 Å². The first-order chi connectivity index (χ1) is 8.74. The number of nitrogens with one attached hydrogen (secondary N) is 1. The second-order valence-electron chi connectivity index (χ2n) is 3.99. The van der Waals surface area contributed by atoms with Gasteiger partial charge in [-0.2, -0.15) is 0 Å². The highest BCUT2D eigenvalue weighted by molar-refractivity contribution is 7.98. The lowest BCUT2D eigenvalue weighted by molar-refractivity contribution is 0.827. The number of fused-ring (bicyclic) bond motifs is 1. The lowest BCUT2D eigenvalue weighted by Gasteiger charge is -2.09. The van der Waals surface area contributed by atoms with Crippen LogP contribution in [-0.4, -0.2) is 22.8 Å². The number of halogens is 1. The topological polar surface area (TPSA) is 37.8 Å². The highest BCUT2D eigenvalue weighted by Crippen LogP contribution is 2.25. The van der Waals surface area contributed by atoms with E-state index in [0.717, 1.165) is 41.3 Å². The summed E-state index contributed by atoms with van der Waals surface area (Å²) in [6.07, 6.45) is 4.30. The van der Waals surface area contributed by atoms with Crippen molar-refractivity contribution in [3.05, 3.63) is 23.2 Å². The second-order valence-corrected chi connectivity index (χ2v) is 5.23. The third-order valence-corrected chi connectivity index (χ3v) is 3.52. The standard InChI is InChI=1S/C13H16ClN3S/c1-3-4-7-15-12-13(18-2)17-10-6-5-9(14)8-11(10)16-12/h5-6,8H,3-4,7H2,1-2H3,(H,15,16). The Bertz CT molecular complexity index is 545. The van der Waals surface area contributed by atoms with Crippen LogP contribution in [0.4, 0.5) is 5.82 Å². The van der Waals surface area contributed by atoms with Crippen LogP contribution in [0.5, 0.6) is 0 Å². The lowest BCUT2D eigenvalue weighted by Crippen LogP contribution is -2.05. The van der Waals surface area contributed by atoms with Crippen molar-refractivity contribution in [2.45, 2.75) is 24.8 Å². The molecule has 0 bridgehead atoms. The van der Waals surface area contributed by atoms with Gasteiger partial charge in [-0.3, -0.25) is 0 Å². The fourth-order valence-electron chi connectivity index (χ4n) is 1.65. The first-order valence-electron chi connectivity index (χ1n) is 5.99. The van der Waals surface area contributed by atoms with Crippen LogP contribution in [0, 0.1) is 0 Å². The molecule has 0 atom stereocenters. The fraction of sp³-hybridized carbons (Fsp3) is 0.385. The van der Waals surface area contributed by atoms with Gasteiger partial charge in [0.05, 0.1) is 11.0 Å². The number of rotatable bonds is 5. The number of benzene rings is 1. The maximum absolute atomic E-state index is 5.98. The summed E-state index contributed by atoms with van der Waals surface area (Å²) >= 11 is 7.58. The van der Waals surface area contributed by atoms with Crippen LogP contribution in [0.1, 0.15) is 19.8 Å². The molecule has 0 aliphatic rings. The summed E-state index contributed by atoms with van der Waals surface area (Å²) in [5.74, 6) is 0.853. The zero-order chi connectivity index (χ0) is 13.0. The van der Waals surface area contributed by atoms with Gasteiger partial charge in [-0.1, -0.05) is 24.9 Å². The average molecular weight is 282 g/mol. The number of thioether (sulfide) groups is 1. The third kappa shape index (κ3) is 3.06. The van der Waals surface area contributed by atoms with E-state index in [0.29, 0.717) is 5.02 Å². The molecule has 0 amide bonds. The van der Waals surface area contributed by atoms with Gasteiger partial charge in [0.1, 0.15) is 5.03 Å². The van der Waals surface area contributed by atoms with Crippen LogP contribution in [0.2, 0.25) is 5.02 Å². The summed E-state index contributed by atoms with van der Waals surface area (Å²) in [5.41, 5.74) is 1.71. The summed E-state index contributed by atoms with van der Waals surface area (Å²) in [7, 11) is 0. The molecule has 18 heavy (non-hydrogen) atoms. The summed E-state index contributed by atoms with van der Waals surface area (Å²) in [6.45, 7) is 3.09. The Morgan fingerprint density at radius 3 is 2.83 bits per heavy atom. The van der Waals surface area contributed by atoms with Crippen molar-refractivity contribution in [2.75, 3.05) is 18.1 Å². The molecule has 0 aliphatic heterocycles. The molecule has 1 N–H and O–H groups in total. The molecule has 0 saturated carbocycles. The van der Waals surface area contributed by atoms with Crippen LogP contribution < -0.4 is 5.32 Å². The summed E-state index contributed by atoms with van der Waals surface area (Å²) in [6, 6.07) is 5.59. The van der Waals surface area contributed by atoms with Crippen LogP contribution in [0.25, 0.3) is 11.0 Å². The SMILES string of the molecule is CCCCNc1nc2cc(Cl)ccc2nc1SC. The number of aromatic nitrogens is 2. The van der Waals surface area contributed by atoms with E-state index >= 15 is 0 Å². The zero-order valence-corrected chi connectivity index (χ0v) is 12.1. The molecule has 0 fully saturated rings. The van der Waals surface area contributed by atoms with Gasteiger partial charge >= 0.3 is 0 Å². The van der Waals surface area contributed by atoms with Gasteiger partial charge < -0.3 is 5.32 Å². The van der Waals surface area contributed by atoms with Crippen molar-refractivity contribution in [1.82, 2.24) is 9.97 Å². The van der Waals surface area contributed by atoms with E-state index in [4.69, 9.17) is 11.6 Å². The molecular weight excluding hydrogens is 266 g/mol. The molecule has 0 saturated heterocycles. The maximum Gasteiger partial charge on any atom is 0.159 e. The second kappa shape index (κ2) is 6.25. The summed E-state index contributed by atoms with van der Waals surface area (Å²) < 4.78 is 0. The quantitative estimate of drug-likeness (QED) is 0.658. The zero-order valence-electron chi connectivity index (χ0n) is 10.5. The van der Waals surface area contributed by atoms with E-state index in [-0.39, 0.29) is 0 Å². The van der Waals surface area contributed by atoms with Crippen molar-refractivity contribution < 1.29 is 0 Å². The molecule has 96 valence electrons. The Kier molecular flexibility index (Phi) is 4.66. The predicted octanol–water partition coefficient (Wildman–Crippen LogP) is 4.22. The van der Waals surface area contributed by atoms with Crippen LogP contribution >= 0.6 is 23.4 Å². The van der Waals surface area contributed by atoms with Crippen molar-refractivity contribution in [3.63, 3.8) is 0 Å². The molecule has 1 heterocycles. The van der Waals surface area contributed by atoms with E-state index in [1.165, 1.54) is 0 Å². The van der Waals surface area contributed by atoms with Gasteiger partial charge in [0, 0.05) is 11.6 Å². The number of unbranched alkanes of at least 4 members (excludes halogenated alkanes) is 1. The molecule has 0 radical (unpaired) electrons. The summed E-state index contributed by atoms with van der Waals surface area (Å²) in [5, 5.41) is 4.96. The van der Waals surface area contributed by atoms with Crippen molar-refractivity contribution in [1.29, 1.82) is 0 Å².